The number of hydrogen-bond donors (Lipinski definition) is 2. The Morgan fingerprint density at radius 3 is 2.33 bits per heavy atom. The first-order valence-corrected chi connectivity index (χ1v) is 11.6. The molecular weight excluding hydrogens is 478 g/mol. The second-order valence-corrected chi connectivity index (χ2v) is 10.3. The molecule has 0 spiro atoms. The Labute approximate surface area is 239 Å². The fourth-order valence-corrected chi connectivity index (χ4v) is 4.30. The minimum atomic E-state index is -2.57. The van der Waals surface area contributed by atoms with Crippen LogP contribution in [-0.2, 0) is 5.21 Å². The molecule has 0 amide bonds. The predicted octanol–water partition coefficient (Wildman–Crippen LogP) is -0.880. The average Bonchev–Trinajstić information content (AvgIpc) is 3.35. The smallest absolute Gasteiger partial charge is 0.258 e. The Kier molecular flexibility index (Phi) is 7.14. The molecule has 0 saturated heterocycles. The lowest BCUT2D eigenvalue weighted by Crippen LogP contribution is -2.67. The summed E-state index contributed by atoms with van der Waals surface area (Å²) in [6.07, 6.45) is 0. The van der Waals surface area contributed by atoms with Gasteiger partial charge in [0.25, 0.3) is 5.89 Å². The number of benzene rings is 2. The highest BCUT2D eigenvalue weighted by atomic mass is 16.5. The molecular formula is C23H15B9N4O3. The monoisotopic (exact) mass is 494 g/mol. The molecule has 1 aliphatic rings. The zero-order valence-corrected chi connectivity index (χ0v) is 21.3. The van der Waals surface area contributed by atoms with E-state index in [-0.39, 0.29) is 22.8 Å². The molecule has 0 fully saturated rings. The molecule has 4 rings (SSSR count). The van der Waals surface area contributed by atoms with E-state index in [0.29, 0.717) is 22.4 Å². The molecule has 7 nitrogen and oxygen atoms in total. The van der Waals surface area contributed by atoms with Gasteiger partial charge in [-0.2, -0.15) is 10.2 Å². The molecule has 16 heteroatoms. The van der Waals surface area contributed by atoms with Crippen LogP contribution in [-0.4, -0.2) is 102 Å². The second-order valence-electron chi connectivity index (χ2n) is 10.3. The third kappa shape index (κ3) is 5.16. The highest BCUT2D eigenvalue weighted by Crippen LogP contribution is 2.58. The van der Waals surface area contributed by atoms with Crippen LogP contribution in [0.25, 0.3) is 22.8 Å². The van der Waals surface area contributed by atoms with Crippen LogP contribution in [0.2, 0.25) is 5.21 Å². The summed E-state index contributed by atoms with van der Waals surface area (Å²) >= 11 is 0. The van der Waals surface area contributed by atoms with E-state index in [2.05, 4.69) is 21.5 Å². The van der Waals surface area contributed by atoms with E-state index in [0.717, 1.165) is 0 Å². The van der Waals surface area contributed by atoms with E-state index in [9.17, 15) is 10.4 Å². The van der Waals surface area contributed by atoms with E-state index in [1.165, 1.54) is 6.07 Å². The Morgan fingerprint density at radius 1 is 1.08 bits per heavy atom. The summed E-state index contributed by atoms with van der Waals surface area (Å²) in [4.78, 5) is 4.46. The van der Waals surface area contributed by atoms with Gasteiger partial charge in [0.15, 0.2) is 0 Å². The molecule has 2 N–H and O–H groups in total. The third-order valence-corrected chi connectivity index (χ3v) is 6.45. The summed E-state index contributed by atoms with van der Waals surface area (Å²) in [5.41, 5.74) is 0.656. The normalized spacial score (nSPS) is 18.3. The lowest BCUT2D eigenvalue weighted by atomic mass is 9.29. The summed E-state index contributed by atoms with van der Waals surface area (Å²) in [7, 11) is 54.6. The molecule has 18 radical (unpaired) electrons. The maximum absolute atomic E-state index is 10.0. The van der Waals surface area contributed by atoms with Gasteiger partial charge < -0.3 is 19.7 Å². The molecule has 0 aliphatic heterocycles. The summed E-state index contributed by atoms with van der Waals surface area (Å²) < 4.78 is 11.1. The molecule has 3 aromatic rings. The Hall–Kier alpha value is -2.63. The quantitative estimate of drug-likeness (QED) is 0.413. The van der Waals surface area contributed by atoms with Crippen LogP contribution in [0.4, 0.5) is 0 Å². The summed E-state index contributed by atoms with van der Waals surface area (Å²) in [6.45, 7) is 3.31. The van der Waals surface area contributed by atoms with Crippen LogP contribution in [0.3, 0.4) is 0 Å². The van der Waals surface area contributed by atoms with E-state index in [1.807, 2.05) is 0 Å². The summed E-state index contributed by atoms with van der Waals surface area (Å²) in [6, 6.07) is 10.6. The van der Waals surface area contributed by atoms with Crippen LogP contribution in [0, 0.1) is 11.3 Å². The molecule has 39 heavy (non-hydrogen) atoms. The maximum atomic E-state index is 10.0. The van der Waals surface area contributed by atoms with Gasteiger partial charge in [0, 0.05) is 17.2 Å². The fourth-order valence-electron chi connectivity index (χ4n) is 4.30. The Balaban J connectivity index is 1.77. The van der Waals surface area contributed by atoms with Crippen LogP contribution < -0.4 is 10.1 Å². The zero-order valence-electron chi connectivity index (χ0n) is 21.3. The molecule has 1 aromatic heterocycles. The van der Waals surface area contributed by atoms with Crippen molar-refractivity contribution in [2.75, 3.05) is 0 Å². The van der Waals surface area contributed by atoms with Gasteiger partial charge in [-0.15, -0.1) is 0 Å². The van der Waals surface area contributed by atoms with Crippen molar-refractivity contribution in [3.63, 3.8) is 0 Å². The number of aliphatic hydroxyl groups is 1. The van der Waals surface area contributed by atoms with Gasteiger partial charge in [-0.25, -0.2) is 0 Å². The van der Waals surface area contributed by atoms with Crippen molar-refractivity contribution in [1.29, 1.82) is 5.26 Å². The van der Waals surface area contributed by atoms with Crippen molar-refractivity contribution in [2.24, 2.45) is 0 Å². The van der Waals surface area contributed by atoms with E-state index in [4.69, 9.17) is 79.9 Å². The van der Waals surface area contributed by atoms with Crippen molar-refractivity contribution >= 4 is 70.6 Å². The third-order valence-electron chi connectivity index (χ3n) is 6.45. The zero-order chi connectivity index (χ0) is 29.2. The minimum absolute atomic E-state index is 0.0935. The molecule has 1 atom stereocenters. The summed E-state index contributed by atoms with van der Waals surface area (Å²) in [5, 5.41) is 17.7. The molecule has 0 unspecified atom stereocenters. The van der Waals surface area contributed by atoms with Gasteiger partial charge in [-0.1, -0.05) is 33.8 Å². The van der Waals surface area contributed by atoms with E-state index in [1.54, 1.807) is 44.2 Å². The molecule has 0 bridgehead atoms. The van der Waals surface area contributed by atoms with Crippen LogP contribution in [0.1, 0.15) is 36.6 Å². The molecule has 1 heterocycles. The van der Waals surface area contributed by atoms with Gasteiger partial charge in [0.05, 0.1) is 73.8 Å². The number of rotatable bonds is 7. The number of hydrogen-bond acceptors (Lipinski definition) is 7. The van der Waals surface area contributed by atoms with Crippen molar-refractivity contribution in [1.82, 2.24) is 15.5 Å². The number of nitrogens with one attached hydrogen (secondary N) is 1. The minimum Gasteiger partial charge on any atom is -0.497 e. The van der Waals surface area contributed by atoms with Gasteiger partial charge in [0.2, 0.25) is 5.82 Å². The van der Waals surface area contributed by atoms with Gasteiger partial charge in [-0.3, -0.25) is 0 Å². The van der Waals surface area contributed by atoms with Gasteiger partial charge in [-0.05, 0) is 53.9 Å². The number of nitrogens with zero attached hydrogens (tertiary/aromatic N) is 3. The van der Waals surface area contributed by atoms with E-state index >= 15 is 0 Å². The van der Waals surface area contributed by atoms with Crippen molar-refractivity contribution in [3.8, 4) is 34.7 Å². The molecule has 0 saturated carbocycles. The first kappa shape index (κ1) is 29.4. The van der Waals surface area contributed by atoms with E-state index < -0.39 is 32.7 Å². The summed E-state index contributed by atoms with van der Waals surface area (Å²) in [5.74, 6) is 0.487. The molecule has 172 valence electrons. The average molecular weight is 493 g/mol. The maximum Gasteiger partial charge on any atom is 0.258 e. The Morgan fingerprint density at radius 2 is 1.74 bits per heavy atom. The Bertz CT molecular complexity index is 1460. The van der Waals surface area contributed by atoms with Crippen LogP contribution >= 0.6 is 0 Å². The first-order chi connectivity index (χ1) is 17.8. The number of aromatic nitrogens is 2. The SMILES string of the molecule is [B]C(C)(C)Oc1ccc(-c2nc(-c3cccc4c3C([B])([B])C([B])([B])[C@@H]4NC([B])([B])C([B])([B])O)no2)cc1C#N. The van der Waals surface area contributed by atoms with Crippen LogP contribution in [0.15, 0.2) is 40.9 Å². The van der Waals surface area contributed by atoms with Crippen molar-refractivity contribution in [3.05, 3.63) is 53.1 Å². The lowest BCUT2D eigenvalue weighted by Gasteiger charge is -2.49. The highest BCUT2D eigenvalue weighted by Gasteiger charge is 2.53. The van der Waals surface area contributed by atoms with Gasteiger partial charge >= 0.3 is 0 Å². The number of nitriles is 1. The lowest BCUT2D eigenvalue weighted by molar-refractivity contribution is 0.167. The van der Waals surface area contributed by atoms with Gasteiger partial charge in [0.1, 0.15) is 19.7 Å². The largest absolute Gasteiger partial charge is 0.497 e. The number of ether oxygens (including phenoxy) is 1. The second kappa shape index (κ2) is 9.49. The number of fused-ring (bicyclic) bond motifs is 1. The topological polar surface area (TPSA) is 104 Å². The van der Waals surface area contributed by atoms with Crippen LogP contribution in [0.5, 0.6) is 5.75 Å². The predicted molar refractivity (Wildman–Crippen MR) is 154 cm³/mol. The standard InChI is InChI=1S/C23H15B9N4O3/c1-19(2,24)38-14-7-6-10(8-11(14)9-33)18-34-17(36-39-18)13-5-3-4-12-15(13)20(25,26)21(27,28)16(12)35-22(29,30)23(31,32)37/h3-8,16,35,37H,1-2H3/t16-/m1/s1. The highest BCUT2D eigenvalue weighted by molar-refractivity contribution is 6.56. The fraction of sp³-hybridized carbons (Fsp3) is 0.348. The van der Waals surface area contributed by atoms with Crippen molar-refractivity contribution in [2.45, 2.75) is 46.6 Å². The molecule has 1 aliphatic carbocycles. The first-order valence-electron chi connectivity index (χ1n) is 11.6. The van der Waals surface area contributed by atoms with Crippen molar-refractivity contribution < 1.29 is 14.4 Å². The molecule has 2 aromatic carbocycles.